The smallest absolute Gasteiger partial charge is 0.286 e. The van der Waals surface area contributed by atoms with Gasteiger partial charge in [0.05, 0.1) is 5.75 Å². The normalized spacial score (nSPS) is 13.3. The standard InChI is InChI=1S/C19H17F3N2O2S/c1-11-4-5-16-12(7-11)3-2-6-24(16)19(26)27-10-17(25)23-13-8-14(20)18(22)15(21)9-13/h4-5,7-9H,2-3,6,10H2,1H3,(H,23,25). The Hall–Kier alpha value is -2.48. The third-order valence-corrected chi connectivity index (χ3v) is 5.04. The first-order chi connectivity index (χ1) is 12.8. The van der Waals surface area contributed by atoms with Gasteiger partial charge in [-0.3, -0.25) is 9.59 Å². The van der Waals surface area contributed by atoms with Crippen LogP contribution < -0.4 is 10.2 Å². The van der Waals surface area contributed by atoms with Crippen LogP contribution in [0.1, 0.15) is 17.5 Å². The average Bonchev–Trinajstić information content (AvgIpc) is 2.63. The Bertz CT molecular complexity index is 882. The Labute approximate surface area is 158 Å². The minimum Gasteiger partial charge on any atom is -0.325 e. The van der Waals surface area contributed by atoms with Gasteiger partial charge in [-0.1, -0.05) is 29.5 Å². The van der Waals surface area contributed by atoms with Crippen LogP contribution in [0.3, 0.4) is 0 Å². The Morgan fingerprint density at radius 3 is 2.56 bits per heavy atom. The number of aryl methyl sites for hydroxylation is 2. The van der Waals surface area contributed by atoms with Gasteiger partial charge in [-0.2, -0.15) is 0 Å². The predicted molar refractivity (Wildman–Crippen MR) is 99.6 cm³/mol. The molecule has 142 valence electrons. The zero-order valence-electron chi connectivity index (χ0n) is 14.5. The van der Waals surface area contributed by atoms with Crippen molar-refractivity contribution in [2.75, 3.05) is 22.5 Å². The van der Waals surface area contributed by atoms with Crippen LogP contribution in [-0.2, 0) is 11.2 Å². The molecule has 4 nitrogen and oxygen atoms in total. The number of carbonyl (C=O) groups is 2. The number of carbonyl (C=O) groups excluding carboxylic acids is 2. The predicted octanol–water partition coefficient (Wildman–Crippen LogP) is 4.66. The summed E-state index contributed by atoms with van der Waals surface area (Å²) in [6, 6.07) is 7.24. The Morgan fingerprint density at radius 1 is 1.15 bits per heavy atom. The van der Waals surface area contributed by atoms with Gasteiger partial charge in [0.15, 0.2) is 17.5 Å². The first-order valence-corrected chi connectivity index (χ1v) is 9.32. The summed E-state index contributed by atoms with van der Waals surface area (Å²) in [7, 11) is 0. The largest absolute Gasteiger partial charge is 0.325 e. The van der Waals surface area contributed by atoms with E-state index in [9.17, 15) is 22.8 Å². The monoisotopic (exact) mass is 394 g/mol. The molecular formula is C19H17F3N2O2S. The Balaban J connectivity index is 1.61. The highest BCUT2D eigenvalue weighted by molar-refractivity contribution is 8.14. The molecule has 3 rings (SSSR count). The van der Waals surface area contributed by atoms with Gasteiger partial charge in [0.1, 0.15) is 0 Å². The average molecular weight is 394 g/mol. The molecule has 27 heavy (non-hydrogen) atoms. The van der Waals surface area contributed by atoms with Crippen molar-refractivity contribution >= 4 is 34.3 Å². The van der Waals surface area contributed by atoms with E-state index in [1.165, 1.54) is 0 Å². The molecule has 0 atom stereocenters. The van der Waals surface area contributed by atoms with Crippen molar-refractivity contribution in [1.82, 2.24) is 0 Å². The number of hydrogen-bond acceptors (Lipinski definition) is 3. The first kappa shape index (κ1) is 19.3. The number of halogens is 3. The zero-order chi connectivity index (χ0) is 19.6. The van der Waals surface area contributed by atoms with Crippen LogP contribution in [-0.4, -0.2) is 23.4 Å². The van der Waals surface area contributed by atoms with Gasteiger partial charge in [0.25, 0.3) is 5.24 Å². The highest BCUT2D eigenvalue weighted by Crippen LogP contribution is 2.30. The summed E-state index contributed by atoms with van der Waals surface area (Å²) in [6.07, 6.45) is 1.73. The van der Waals surface area contributed by atoms with Gasteiger partial charge in [-0.15, -0.1) is 0 Å². The van der Waals surface area contributed by atoms with E-state index in [2.05, 4.69) is 5.32 Å². The summed E-state index contributed by atoms with van der Waals surface area (Å²) in [5, 5.41) is 1.99. The summed E-state index contributed by atoms with van der Waals surface area (Å²) in [6.45, 7) is 2.55. The highest BCUT2D eigenvalue weighted by Gasteiger charge is 2.23. The quantitative estimate of drug-likeness (QED) is 0.771. The van der Waals surface area contributed by atoms with Crippen LogP contribution in [0.4, 0.5) is 29.3 Å². The van der Waals surface area contributed by atoms with Gasteiger partial charge in [0.2, 0.25) is 5.91 Å². The van der Waals surface area contributed by atoms with Crippen molar-refractivity contribution in [3.63, 3.8) is 0 Å². The van der Waals surface area contributed by atoms with E-state index in [0.717, 1.165) is 41.4 Å². The van der Waals surface area contributed by atoms with E-state index in [0.29, 0.717) is 18.7 Å². The van der Waals surface area contributed by atoms with Crippen LogP contribution in [0.2, 0.25) is 0 Å². The van der Waals surface area contributed by atoms with Crippen molar-refractivity contribution < 1.29 is 22.8 Å². The fourth-order valence-electron chi connectivity index (χ4n) is 2.95. The molecule has 0 fully saturated rings. The van der Waals surface area contributed by atoms with Crippen LogP contribution in [0.15, 0.2) is 30.3 Å². The van der Waals surface area contributed by atoms with Gasteiger partial charge < -0.3 is 10.2 Å². The van der Waals surface area contributed by atoms with Crippen molar-refractivity contribution in [2.45, 2.75) is 19.8 Å². The molecule has 0 spiro atoms. The summed E-state index contributed by atoms with van der Waals surface area (Å²) in [5.41, 5.74) is 2.85. The number of amides is 2. The van der Waals surface area contributed by atoms with E-state index in [1.54, 1.807) is 4.90 Å². The van der Waals surface area contributed by atoms with Gasteiger partial charge in [-0.25, -0.2) is 13.2 Å². The maximum Gasteiger partial charge on any atom is 0.286 e. The number of anilines is 2. The van der Waals surface area contributed by atoms with Crippen molar-refractivity contribution in [1.29, 1.82) is 0 Å². The van der Waals surface area contributed by atoms with Crippen molar-refractivity contribution in [2.24, 2.45) is 0 Å². The van der Waals surface area contributed by atoms with Gasteiger partial charge in [-0.05, 0) is 31.4 Å². The fourth-order valence-corrected chi connectivity index (χ4v) is 3.62. The Kier molecular flexibility index (Phi) is 5.74. The van der Waals surface area contributed by atoms with Crippen LogP contribution in [0, 0.1) is 24.4 Å². The molecule has 0 aliphatic carbocycles. The zero-order valence-corrected chi connectivity index (χ0v) is 15.3. The molecule has 1 heterocycles. The summed E-state index contributed by atoms with van der Waals surface area (Å²) >= 11 is 0.803. The summed E-state index contributed by atoms with van der Waals surface area (Å²) < 4.78 is 39.3. The number of hydrogen-bond donors (Lipinski definition) is 1. The van der Waals surface area contributed by atoms with E-state index < -0.39 is 23.4 Å². The fraction of sp³-hybridized carbons (Fsp3) is 0.263. The molecule has 0 bridgehead atoms. The lowest BCUT2D eigenvalue weighted by atomic mass is 10.0. The molecule has 0 radical (unpaired) electrons. The lowest BCUT2D eigenvalue weighted by Crippen LogP contribution is -2.33. The van der Waals surface area contributed by atoms with E-state index in [4.69, 9.17) is 0 Å². The molecule has 0 saturated heterocycles. The number of benzene rings is 2. The van der Waals surface area contributed by atoms with E-state index in [-0.39, 0.29) is 16.7 Å². The number of thioether (sulfide) groups is 1. The van der Waals surface area contributed by atoms with Crippen molar-refractivity contribution in [3.8, 4) is 0 Å². The molecule has 8 heteroatoms. The minimum absolute atomic E-state index is 0.205. The molecule has 1 aliphatic heterocycles. The molecule has 0 aromatic heterocycles. The molecule has 0 unspecified atom stereocenters. The molecule has 2 amide bonds. The maximum atomic E-state index is 13.2. The lowest BCUT2D eigenvalue weighted by Gasteiger charge is -2.29. The molecule has 1 N–H and O–H groups in total. The summed E-state index contributed by atoms with van der Waals surface area (Å²) in [5.74, 6) is -5.23. The number of nitrogens with one attached hydrogen (secondary N) is 1. The van der Waals surface area contributed by atoms with Crippen LogP contribution >= 0.6 is 11.8 Å². The van der Waals surface area contributed by atoms with Crippen molar-refractivity contribution in [3.05, 3.63) is 58.9 Å². The SMILES string of the molecule is Cc1ccc2c(c1)CCCN2C(=O)SCC(=O)Nc1cc(F)c(F)c(F)c1. The van der Waals surface area contributed by atoms with Gasteiger partial charge >= 0.3 is 0 Å². The van der Waals surface area contributed by atoms with E-state index in [1.807, 2.05) is 25.1 Å². The number of nitrogens with zero attached hydrogens (tertiary/aromatic N) is 1. The van der Waals surface area contributed by atoms with Gasteiger partial charge in [0, 0.05) is 30.1 Å². The van der Waals surface area contributed by atoms with Crippen LogP contribution in [0.25, 0.3) is 0 Å². The molecule has 2 aromatic carbocycles. The molecule has 1 aliphatic rings. The topological polar surface area (TPSA) is 49.4 Å². The second-order valence-corrected chi connectivity index (χ2v) is 7.17. The molecular weight excluding hydrogens is 377 g/mol. The first-order valence-electron chi connectivity index (χ1n) is 8.33. The number of rotatable bonds is 3. The lowest BCUT2D eigenvalue weighted by molar-refractivity contribution is -0.113. The molecule has 2 aromatic rings. The van der Waals surface area contributed by atoms with Crippen LogP contribution in [0.5, 0.6) is 0 Å². The third-order valence-electron chi connectivity index (χ3n) is 4.17. The Morgan fingerprint density at radius 2 is 1.85 bits per heavy atom. The maximum absolute atomic E-state index is 13.2. The second-order valence-electron chi connectivity index (χ2n) is 6.24. The second kappa shape index (κ2) is 8.04. The minimum atomic E-state index is -1.60. The number of fused-ring (bicyclic) bond motifs is 1. The summed E-state index contributed by atoms with van der Waals surface area (Å²) in [4.78, 5) is 26.1. The molecule has 0 saturated carbocycles. The van der Waals surface area contributed by atoms with E-state index >= 15 is 0 Å². The highest BCUT2D eigenvalue weighted by atomic mass is 32.2. The third kappa shape index (κ3) is 4.44.